The van der Waals surface area contributed by atoms with Crippen molar-refractivity contribution in [2.45, 2.75) is 29.3 Å². The van der Waals surface area contributed by atoms with Crippen LogP contribution in [0, 0.1) is 0 Å². The molecule has 3 heterocycles. The van der Waals surface area contributed by atoms with E-state index >= 15 is 0 Å². The minimum Gasteiger partial charge on any atom is -0.468 e. The Labute approximate surface area is 177 Å². The normalized spacial score (nSPS) is 21.8. The zero-order valence-electron chi connectivity index (χ0n) is 16.2. The van der Waals surface area contributed by atoms with Crippen molar-refractivity contribution in [1.82, 2.24) is 0 Å². The first kappa shape index (κ1) is 22.7. The van der Waals surface area contributed by atoms with Crippen LogP contribution in [0.25, 0.3) is 0 Å². The van der Waals surface area contributed by atoms with E-state index < -0.39 is 65.5 Å². The maximum atomic E-state index is 13.0. The molecule has 2 aromatic rings. The highest BCUT2D eigenvalue weighted by molar-refractivity contribution is 7.92. The van der Waals surface area contributed by atoms with Gasteiger partial charge in [-0.2, -0.15) is 0 Å². The fraction of sp³-hybridized carbons (Fsp3) is 0.389. The molecule has 0 saturated carbocycles. The van der Waals surface area contributed by atoms with Crippen LogP contribution in [0.2, 0.25) is 0 Å². The summed E-state index contributed by atoms with van der Waals surface area (Å²) in [5, 5.41) is -2.43. The van der Waals surface area contributed by atoms with Crippen LogP contribution >= 0.6 is 0 Å². The number of sulfone groups is 2. The summed E-state index contributed by atoms with van der Waals surface area (Å²) in [6.07, 6.45) is 2.41. The number of esters is 2. The minimum atomic E-state index is -4.65. The molecule has 3 rings (SSSR count). The maximum Gasteiger partial charge on any atom is 0.377 e. The smallest absolute Gasteiger partial charge is 0.377 e. The van der Waals surface area contributed by atoms with Crippen LogP contribution < -0.4 is 0 Å². The van der Waals surface area contributed by atoms with Crippen LogP contribution in [-0.4, -0.2) is 57.8 Å². The van der Waals surface area contributed by atoms with Crippen LogP contribution in [0.5, 0.6) is 0 Å². The van der Waals surface area contributed by atoms with E-state index in [-0.39, 0.29) is 18.1 Å². The average Bonchev–Trinajstić information content (AvgIpc) is 3.38. The monoisotopic (exact) mass is 474 g/mol. The summed E-state index contributed by atoms with van der Waals surface area (Å²) in [4.78, 5) is 37.4. The van der Waals surface area contributed by atoms with Crippen molar-refractivity contribution in [3.8, 4) is 0 Å². The van der Waals surface area contributed by atoms with Gasteiger partial charge in [0.15, 0.2) is 24.9 Å². The number of Topliss-reactive ketones (excluding diaryl/α,β-unsaturated/α-hetero) is 1. The predicted molar refractivity (Wildman–Crippen MR) is 102 cm³/mol. The number of carbonyl (C=O) groups is 3. The molecule has 0 spiro atoms. The van der Waals surface area contributed by atoms with Gasteiger partial charge in [-0.1, -0.05) is 0 Å². The van der Waals surface area contributed by atoms with Gasteiger partial charge >= 0.3 is 11.9 Å². The second kappa shape index (κ2) is 8.30. The molecule has 0 radical (unpaired) electrons. The second-order valence-electron chi connectivity index (χ2n) is 6.74. The first-order valence-corrected chi connectivity index (χ1v) is 12.5. The summed E-state index contributed by atoms with van der Waals surface area (Å²) in [5.74, 6) is -7.62. The highest BCUT2D eigenvalue weighted by atomic mass is 32.2. The van der Waals surface area contributed by atoms with E-state index in [1.165, 1.54) is 43.7 Å². The molecule has 11 nitrogen and oxygen atoms in total. The standard InChI is InChI=1S/C18H18O11S2/c1-2-26-17(21)18(11-30(22,23)9-12-5-3-7-27-12)15(14(19)16(20)29-18)31(24,25)10-13-6-4-8-28-13/h3-8,15H,2,9-11H2,1H3. The summed E-state index contributed by atoms with van der Waals surface area (Å²) in [6, 6.07) is 5.49. The molecule has 0 bridgehead atoms. The third-order valence-corrected chi connectivity index (χ3v) is 8.01. The quantitative estimate of drug-likeness (QED) is 0.360. The molecule has 0 aromatic carbocycles. The molecule has 168 valence electrons. The average molecular weight is 474 g/mol. The van der Waals surface area contributed by atoms with Gasteiger partial charge < -0.3 is 18.3 Å². The molecule has 1 aliphatic heterocycles. The zero-order valence-corrected chi connectivity index (χ0v) is 17.8. The van der Waals surface area contributed by atoms with Crippen molar-refractivity contribution >= 4 is 37.4 Å². The molecule has 31 heavy (non-hydrogen) atoms. The number of furan rings is 2. The van der Waals surface area contributed by atoms with Gasteiger partial charge in [0, 0.05) is 0 Å². The highest BCUT2D eigenvalue weighted by Gasteiger charge is 2.68. The summed E-state index contributed by atoms with van der Waals surface area (Å²) < 4.78 is 71.3. The molecule has 13 heteroatoms. The van der Waals surface area contributed by atoms with Gasteiger partial charge in [0.25, 0.3) is 5.78 Å². The van der Waals surface area contributed by atoms with E-state index in [9.17, 15) is 31.2 Å². The molecule has 2 aromatic heterocycles. The SMILES string of the molecule is CCOC(=O)C1(CS(=O)(=O)Cc2ccco2)OC(=O)C(=O)C1S(=O)(=O)Cc1ccco1. The lowest BCUT2D eigenvalue weighted by molar-refractivity contribution is -0.171. The predicted octanol–water partition coefficient (Wildman–Crippen LogP) is 0.199. The molecule has 2 atom stereocenters. The molecular formula is C18H18O11S2. The Morgan fingerprint density at radius 3 is 2.13 bits per heavy atom. The molecule has 2 unspecified atom stereocenters. The van der Waals surface area contributed by atoms with E-state index in [1.807, 2.05) is 0 Å². The summed E-state index contributed by atoms with van der Waals surface area (Å²) >= 11 is 0. The Hall–Kier alpha value is -2.93. The summed E-state index contributed by atoms with van der Waals surface area (Å²) in [6.45, 7) is 1.10. The van der Waals surface area contributed by atoms with E-state index in [0.717, 1.165) is 0 Å². The highest BCUT2D eigenvalue weighted by Crippen LogP contribution is 2.35. The number of ether oxygens (including phenoxy) is 2. The van der Waals surface area contributed by atoms with E-state index in [0.29, 0.717) is 0 Å². The van der Waals surface area contributed by atoms with Crippen molar-refractivity contribution in [1.29, 1.82) is 0 Å². The van der Waals surface area contributed by atoms with E-state index in [4.69, 9.17) is 18.3 Å². The summed E-state index contributed by atoms with van der Waals surface area (Å²) in [7, 11) is -8.97. The number of cyclic esters (lactones) is 1. The van der Waals surface area contributed by atoms with Crippen molar-refractivity contribution in [2.24, 2.45) is 0 Å². The van der Waals surface area contributed by atoms with Crippen LogP contribution in [0.3, 0.4) is 0 Å². The van der Waals surface area contributed by atoms with Crippen molar-refractivity contribution in [3.05, 3.63) is 48.3 Å². The topological polar surface area (TPSA) is 164 Å². The van der Waals surface area contributed by atoms with Gasteiger partial charge in [-0.05, 0) is 31.2 Å². The number of hydrogen-bond acceptors (Lipinski definition) is 11. The van der Waals surface area contributed by atoms with Crippen molar-refractivity contribution < 1.29 is 49.5 Å². The number of carbonyl (C=O) groups excluding carboxylic acids is 3. The Morgan fingerprint density at radius 2 is 1.61 bits per heavy atom. The molecule has 0 N–H and O–H groups in total. The van der Waals surface area contributed by atoms with Gasteiger partial charge in [0.1, 0.15) is 28.8 Å². The lowest BCUT2D eigenvalue weighted by Gasteiger charge is -2.29. The van der Waals surface area contributed by atoms with Gasteiger partial charge in [-0.15, -0.1) is 0 Å². The molecule has 1 saturated heterocycles. The zero-order chi connectivity index (χ0) is 22.9. The second-order valence-corrected chi connectivity index (χ2v) is 10.9. The largest absolute Gasteiger partial charge is 0.468 e. The lowest BCUT2D eigenvalue weighted by Crippen LogP contribution is -2.57. The van der Waals surface area contributed by atoms with Crippen LogP contribution in [0.4, 0.5) is 0 Å². The van der Waals surface area contributed by atoms with Gasteiger partial charge in [-0.3, -0.25) is 4.79 Å². The molecule has 0 aliphatic carbocycles. The van der Waals surface area contributed by atoms with Crippen LogP contribution in [0.15, 0.2) is 45.6 Å². The lowest BCUT2D eigenvalue weighted by atomic mass is 10.0. The Kier molecular flexibility index (Phi) is 6.09. The van der Waals surface area contributed by atoms with Crippen molar-refractivity contribution in [3.63, 3.8) is 0 Å². The summed E-state index contributed by atoms with van der Waals surface area (Å²) in [5.41, 5.74) is -2.90. The van der Waals surface area contributed by atoms with Gasteiger partial charge in [-0.25, -0.2) is 26.4 Å². The first-order valence-electron chi connectivity index (χ1n) is 8.92. The first-order chi connectivity index (χ1) is 14.5. The number of rotatable bonds is 9. The van der Waals surface area contributed by atoms with E-state index in [2.05, 4.69) is 0 Å². The molecule has 0 amide bonds. The fourth-order valence-corrected chi connectivity index (χ4v) is 7.03. The van der Waals surface area contributed by atoms with Crippen LogP contribution in [-0.2, 0) is 55.0 Å². The fourth-order valence-electron chi connectivity index (χ4n) is 3.27. The third kappa shape index (κ3) is 4.56. The third-order valence-electron chi connectivity index (χ3n) is 4.42. The maximum absolute atomic E-state index is 13.0. The van der Waals surface area contributed by atoms with Gasteiger partial charge in [0.05, 0.1) is 19.1 Å². The minimum absolute atomic E-state index is 0.00431. The Bertz CT molecular complexity index is 1180. The van der Waals surface area contributed by atoms with Crippen LogP contribution in [0.1, 0.15) is 18.4 Å². The number of hydrogen-bond donors (Lipinski definition) is 0. The van der Waals surface area contributed by atoms with Gasteiger partial charge in [0.2, 0.25) is 5.60 Å². The van der Waals surface area contributed by atoms with E-state index in [1.54, 1.807) is 0 Å². The molecule has 1 fully saturated rings. The Balaban J connectivity index is 2.07. The molecule has 1 aliphatic rings. The Morgan fingerprint density at radius 1 is 1.03 bits per heavy atom. The number of ketones is 1. The van der Waals surface area contributed by atoms with Crippen molar-refractivity contribution in [2.75, 3.05) is 12.4 Å². The molecular weight excluding hydrogens is 456 g/mol.